The highest BCUT2D eigenvalue weighted by atomic mass is 16.5. The maximum atomic E-state index is 11.8. The van der Waals surface area contributed by atoms with Gasteiger partial charge in [-0.1, -0.05) is 0 Å². The van der Waals surface area contributed by atoms with Gasteiger partial charge in [-0.05, 0) is 39.8 Å². The molecule has 0 heterocycles. The molecule has 0 fully saturated rings. The summed E-state index contributed by atoms with van der Waals surface area (Å²) in [5.41, 5.74) is 0.486. The Morgan fingerprint density at radius 1 is 1.35 bits per heavy atom. The quantitative estimate of drug-likeness (QED) is 0.865. The molecule has 1 rings (SSSR count). The van der Waals surface area contributed by atoms with Crippen LogP contribution >= 0.6 is 0 Å². The molecule has 0 spiro atoms. The van der Waals surface area contributed by atoms with Crippen molar-refractivity contribution in [2.45, 2.75) is 39.8 Å². The van der Waals surface area contributed by atoms with Gasteiger partial charge in [0, 0.05) is 12.1 Å². The molecule has 20 heavy (non-hydrogen) atoms. The van der Waals surface area contributed by atoms with Gasteiger partial charge in [0.25, 0.3) is 5.91 Å². The van der Waals surface area contributed by atoms with Crippen LogP contribution in [0.2, 0.25) is 0 Å². The van der Waals surface area contributed by atoms with Crippen molar-refractivity contribution in [3.8, 4) is 17.6 Å². The Hall–Kier alpha value is -2.22. The van der Waals surface area contributed by atoms with E-state index in [0.29, 0.717) is 23.7 Å². The minimum atomic E-state index is -0.635. The van der Waals surface area contributed by atoms with Crippen molar-refractivity contribution in [2.24, 2.45) is 0 Å². The molecule has 1 aromatic rings. The molecule has 0 aromatic heterocycles. The van der Waals surface area contributed by atoms with E-state index in [2.05, 4.69) is 5.32 Å². The molecular formula is C15H20N2O3. The summed E-state index contributed by atoms with van der Waals surface area (Å²) in [6.45, 7) is 7.75. The van der Waals surface area contributed by atoms with E-state index in [-0.39, 0.29) is 11.9 Å². The van der Waals surface area contributed by atoms with Crippen LogP contribution in [0.5, 0.6) is 11.5 Å². The molecule has 0 bridgehead atoms. The maximum absolute atomic E-state index is 11.8. The number of benzene rings is 1. The molecule has 0 saturated heterocycles. The van der Waals surface area contributed by atoms with Crippen LogP contribution in [-0.2, 0) is 4.79 Å². The second-order valence-corrected chi connectivity index (χ2v) is 4.63. The zero-order valence-corrected chi connectivity index (χ0v) is 12.3. The minimum Gasteiger partial charge on any atom is -0.490 e. The van der Waals surface area contributed by atoms with E-state index in [0.717, 1.165) is 0 Å². The lowest BCUT2D eigenvalue weighted by Crippen LogP contribution is -2.40. The van der Waals surface area contributed by atoms with E-state index in [9.17, 15) is 4.79 Å². The van der Waals surface area contributed by atoms with E-state index >= 15 is 0 Å². The van der Waals surface area contributed by atoms with Gasteiger partial charge in [-0.2, -0.15) is 5.26 Å². The van der Waals surface area contributed by atoms with Gasteiger partial charge in [0.05, 0.1) is 18.2 Å². The molecule has 1 atom stereocenters. The molecule has 0 saturated carbocycles. The largest absolute Gasteiger partial charge is 0.490 e. The standard InChI is InChI=1S/C15H20N2O3/c1-5-19-14-8-12(9-16)6-7-13(14)20-11(4)15(18)17-10(2)3/h6-8,10-11H,5H2,1-4H3,(H,17,18). The van der Waals surface area contributed by atoms with Gasteiger partial charge >= 0.3 is 0 Å². The van der Waals surface area contributed by atoms with Crippen molar-refractivity contribution in [3.05, 3.63) is 23.8 Å². The Balaban J connectivity index is 2.85. The highest BCUT2D eigenvalue weighted by Gasteiger charge is 2.17. The fourth-order valence-corrected chi connectivity index (χ4v) is 1.59. The second-order valence-electron chi connectivity index (χ2n) is 4.63. The predicted octanol–water partition coefficient (Wildman–Crippen LogP) is 2.25. The summed E-state index contributed by atoms with van der Waals surface area (Å²) in [4.78, 5) is 11.8. The van der Waals surface area contributed by atoms with E-state index in [1.165, 1.54) is 0 Å². The van der Waals surface area contributed by atoms with Crippen LogP contribution in [0.25, 0.3) is 0 Å². The highest BCUT2D eigenvalue weighted by molar-refractivity contribution is 5.81. The average molecular weight is 276 g/mol. The molecule has 1 amide bonds. The third-order valence-electron chi connectivity index (χ3n) is 2.48. The molecular weight excluding hydrogens is 256 g/mol. The van der Waals surface area contributed by atoms with Crippen molar-refractivity contribution < 1.29 is 14.3 Å². The van der Waals surface area contributed by atoms with Crippen molar-refractivity contribution in [1.82, 2.24) is 5.32 Å². The van der Waals surface area contributed by atoms with Crippen LogP contribution in [0, 0.1) is 11.3 Å². The van der Waals surface area contributed by atoms with Crippen LogP contribution < -0.4 is 14.8 Å². The van der Waals surface area contributed by atoms with Crippen molar-refractivity contribution in [1.29, 1.82) is 5.26 Å². The maximum Gasteiger partial charge on any atom is 0.260 e. The first-order valence-electron chi connectivity index (χ1n) is 6.61. The van der Waals surface area contributed by atoms with Crippen LogP contribution in [0.15, 0.2) is 18.2 Å². The molecule has 1 unspecified atom stereocenters. The monoisotopic (exact) mass is 276 g/mol. The lowest BCUT2D eigenvalue weighted by molar-refractivity contribution is -0.127. The number of hydrogen-bond acceptors (Lipinski definition) is 4. The average Bonchev–Trinajstić information content (AvgIpc) is 2.40. The molecule has 5 heteroatoms. The third-order valence-corrected chi connectivity index (χ3v) is 2.48. The number of nitrogens with zero attached hydrogens (tertiary/aromatic N) is 1. The Morgan fingerprint density at radius 2 is 2.05 bits per heavy atom. The first-order chi connectivity index (χ1) is 9.47. The molecule has 0 aliphatic carbocycles. The van der Waals surface area contributed by atoms with Crippen LogP contribution in [0.4, 0.5) is 0 Å². The summed E-state index contributed by atoms with van der Waals surface area (Å²) in [7, 11) is 0. The summed E-state index contributed by atoms with van der Waals surface area (Å²) < 4.78 is 11.0. The van der Waals surface area contributed by atoms with E-state index in [4.69, 9.17) is 14.7 Å². The Labute approximate surface area is 119 Å². The van der Waals surface area contributed by atoms with E-state index < -0.39 is 6.10 Å². The van der Waals surface area contributed by atoms with Gasteiger partial charge in [-0.3, -0.25) is 4.79 Å². The van der Waals surface area contributed by atoms with Gasteiger partial charge in [0.15, 0.2) is 17.6 Å². The topological polar surface area (TPSA) is 71.3 Å². The lowest BCUT2D eigenvalue weighted by atomic mass is 10.2. The molecule has 1 aromatic carbocycles. The van der Waals surface area contributed by atoms with Crippen molar-refractivity contribution in [2.75, 3.05) is 6.61 Å². The van der Waals surface area contributed by atoms with Crippen LogP contribution in [-0.4, -0.2) is 24.7 Å². The third kappa shape index (κ3) is 4.47. The van der Waals surface area contributed by atoms with E-state index in [1.54, 1.807) is 25.1 Å². The Kier molecular flexibility index (Phi) is 5.85. The van der Waals surface area contributed by atoms with Gasteiger partial charge in [-0.15, -0.1) is 0 Å². The molecule has 0 aliphatic heterocycles. The zero-order chi connectivity index (χ0) is 15.1. The summed E-state index contributed by atoms with van der Waals surface area (Å²) in [6.07, 6.45) is -0.635. The molecule has 0 radical (unpaired) electrons. The van der Waals surface area contributed by atoms with Crippen molar-refractivity contribution in [3.63, 3.8) is 0 Å². The first-order valence-corrected chi connectivity index (χ1v) is 6.61. The van der Waals surface area contributed by atoms with Gasteiger partial charge in [0.2, 0.25) is 0 Å². The van der Waals surface area contributed by atoms with Crippen LogP contribution in [0.1, 0.15) is 33.3 Å². The van der Waals surface area contributed by atoms with Crippen LogP contribution in [0.3, 0.4) is 0 Å². The first kappa shape index (κ1) is 15.8. The summed E-state index contributed by atoms with van der Waals surface area (Å²) in [5, 5.41) is 11.7. The minimum absolute atomic E-state index is 0.0564. The predicted molar refractivity (Wildman–Crippen MR) is 75.7 cm³/mol. The second kappa shape index (κ2) is 7.39. The summed E-state index contributed by atoms with van der Waals surface area (Å²) in [6, 6.07) is 6.97. The fraction of sp³-hybridized carbons (Fsp3) is 0.467. The number of ether oxygens (including phenoxy) is 2. The highest BCUT2D eigenvalue weighted by Crippen LogP contribution is 2.29. The SMILES string of the molecule is CCOc1cc(C#N)ccc1OC(C)C(=O)NC(C)C. The number of nitriles is 1. The van der Waals surface area contributed by atoms with Gasteiger partial charge in [-0.25, -0.2) is 0 Å². The fourth-order valence-electron chi connectivity index (χ4n) is 1.59. The number of rotatable bonds is 6. The number of carbonyl (C=O) groups excluding carboxylic acids is 1. The summed E-state index contributed by atoms with van der Waals surface area (Å²) >= 11 is 0. The lowest BCUT2D eigenvalue weighted by Gasteiger charge is -2.18. The Bertz CT molecular complexity index is 506. The van der Waals surface area contributed by atoms with E-state index in [1.807, 2.05) is 26.8 Å². The number of hydrogen-bond donors (Lipinski definition) is 1. The smallest absolute Gasteiger partial charge is 0.260 e. The molecule has 1 N–H and O–H groups in total. The number of carbonyl (C=O) groups is 1. The summed E-state index contributed by atoms with van der Waals surface area (Å²) in [5.74, 6) is 0.736. The molecule has 5 nitrogen and oxygen atoms in total. The van der Waals surface area contributed by atoms with Gasteiger partial charge in [0.1, 0.15) is 0 Å². The number of amides is 1. The normalized spacial score (nSPS) is 11.6. The van der Waals surface area contributed by atoms with Crippen molar-refractivity contribution >= 4 is 5.91 Å². The number of nitrogens with one attached hydrogen (secondary N) is 1. The molecule has 108 valence electrons. The zero-order valence-electron chi connectivity index (χ0n) is 12.3. The molecule has 0 aliphatic rings. The Morgan fingerprint density at radius 3 is 2.60 bits per heavy atom. The van der Waals surface area contributed by atoms with Gasteiger partial charge < -0.3 is 14.8 Å².